The molecule has 1 rings (SSSR count). The van der Waals surface area contributed by atoms with E-state index in [9.17, 15) is 4.79 Å². The van der Waals surface area contributed by atoms with E-state index in [1.165, 1.54) is 0 Å². The van der Waals surface area contributed by atoms with Gasteiger partial charge in [0, 0.05) is 12.5 Å². The van der Waals surface area contributed by atoms with Crippen LogP contribution in [0.15, 0.2) is 0 Å². The fraction of sp³-hybridized carbons (Fsp3) is 0.900. The summed E-state index contributed by atoms with van der Waals surface area (Å²) in [7, 11) is 0. The van der Waals surface area contributed by atoms with Crippen LogP contribution in [0.3, 0.4) is 0 Å². The van der Waals surface area contributed by atoms with Crippen LogP contribution >= 0.6 is 0 Å². The number of hydrogen-bond acceptors (Lipinski definition) is 3. The second kappa shape index (κ2) is 5.35. The molecule has 0 aromatic heterocycles. The van der Waals surface area contributed by atoms with Gasteiger partial charge in [-0.05, 0) is 19.3 Å². The van der Waals surface area contributed by atoms with Crippen LogP contribution in [0.1, 0.15) is 32.6 Å². The topological polar surface area (TPSA) is 52.3 Å². The number of ether oxygens (including phenoxy) is 1. The average molecular weight is 185 g/mol. The number of Topliss-reactive ketones (excluding diaryl/α,β-unsaturated/α-hetero) is 1. The number of ketones is 1. The van der Waals surface area contributed by atoms with Gasteiger partial charge in [-0.15, -0.1) is 0 Å². The number of hydrogen-bond donors (Lipinski definition) is 1. The van der Waals surface area contributed by atoms with Crippen molar-refractivity contribution in [3.05, 3.63) is 0 Å². The maximum absolute atomic E-state index is 11.7. The van der Waals surface area contributed by atoms with E-state index >= 15 is 0 Å². The molecule has 0 aromatic carbocycles. The van der Waals surface area contributed by atoms with Gasteiger partial charge in [-0.2, -0.15) is 0 Å². The van der Waals surface area contributed by atoms with Crippen molar-refractivity contribution in [1.29, 1.82) is 0 Å². The van der Waals surface area contributed by atoms with E-state index < -0.39 is 0 Å². The molecular weight excluding hydrogens is 166 g/mol. The van der Waals surface area contributed by atoms with Crippen molar-refractivity contribution in [1.82, 2.24) is 0 Å². The maximum Gasteiger partial charge on any atom is 0.154 e. The molecule has 1 heterocycles. The fourth-order valence-electron chi connectivity index (χ4n) is 1.72. The van der Waals surface area contributed by atoms with Crippen molar-refractivity contribution >= 4 is 5.78 Å². The zero-order valence-corrected chi connectivity index (χ0v) is 8.29. The Morgan fingerprint density at radius 3 is 3.00 bits per heavy atom. The van der Waals surface area contributed by atoms with E-state index in [1.807, 2.05) is 6.92 Å². The third-order valence-electron chi connectivity index (χ3n) is 2.53. The van der Waals surface area contributed by atoms with Gasteiger partial charge in [-0.25, -0.2) is 0 Å². The first-order valence-corrected chi connectivity index (χ1v) is 5.12. The highest BCUT2D eigenvalue weighted by Crippen LogP contribution is 2.16. The second-order valence-corrected chi connectivity index (χ2v) is 3.71. The van der Waals surface area contributed by atoms with E-state index in [-0.39, 0.29) is 17.7 Å². The Labute approximate surface area is 79.6 Å². The molecule has 0 radical (unpaired) electrons. The predicted octanol–water partition coefficient (Wildman–Crippen LogP) is 1.11. The minimum atomic E-state index is -0.267. The molecule has 1 aliphatic heterocycles. The second-order valence-electron chi connectivity index (χ2n) is 3.71. The van der Waals surface area contributed by atoms with Crippen LogP contribution in [0.5, 0.6) is 0 Å². The molecule has 0 spiro atoms. The van der Waals surface area contributed by atoms with Crippen LogP contribution in [-0.2, 0) is 9.53 Å². The van der Waals surface area contributed by atoms with Crippen LogP contribution in [0.2, 0.25) is 0 Å². The molecule has 13 heavy (non-hydrogen) atoms. The first-order chi connectivity index (χ1) is 6.25. The molecule has 0 aromatic rings. The standard InChI is InChI=1S/C10H19NO2/c1-2-4-9(11)10(12)8-5-3-6-13-7-8/h8-9H,2-7,11H2,1H3. The summed E-state index contributed by atoms with van der Waals surface area (Å²) in [5, 5.41) is 0. The third-order valence-corrected chi connectivity index (χ3v) is 2.53. The minimum absolute atomic E-state index is 0.0651. The van der Waals surface area contributed by atoms with Gasteiger partial charge >= 0.3 is 0 Å². The highest BCUT2D eigenvalue weighted by Gasteiger charge is 2.25. The van der Waals surface area contributed by atoms with Gasteiger partial charge in [0.25, 0.3) is 0 Å². The van der Waals surface area contributed by atoms with E-state index in [2.05, 4.69) is 0 Å². The lowest BCUT2D eigenvalue weighted by atomic mass is 9.91. The Balaban J connectivity index is 2.36. The number of carbonyl (C=O) groups excluding carboxylic acids is 1. The molecule has 0 saturated carbocycles. The molecule has 3 nitrogen and oxygen atoms in total. The molecular formula is C10H19NO2. The third kappa shape index (κ3) is 3.08. The lowest BCUT2D eigenvalue weighted by molar-refractivity contribution is -0.128. The van der Waals surface area contributed by atoms with Crippen molar-refractivity contribution in [3.63, 3.8) is 0 Å². The molecule has 1 aliphatic rings. The van der Waals surface area contributed by atoms with Crippen molar-refractivity contribution in [2.24, 2.45) is 11.7 Å². The van der Waals surface area contributed by atoms with Crippen LogP contribution in [-0.4, -0.2) is 25.0 Å². The number of rotatable bonds is 4. The summed E-state index contributed by atoms with van der Waals surface area (Å²) in [6.07, 6.45) is 3.72. The first-order valence-electron chi connectivity index (χ1n) is 5.12. The molecule has 1 saturated heterocycles. The van der Waals surface area contributed by atoms with Crippen molar-refractivity contribution in [2.75, 3.05) is 13.2 Å². The van der Waals surface area contributed by atoms with Gasteiger partial charge in [0.2, 0.25) is 0 Å². The van der Waals surface area contributed by atoms with Crippen molar-refractivity contribution in [2.45, 2.75) is 38.6 Å². The van der Waals surface area contributed by atoms with E-state index in [0.29, 0.717) is 6.61 Å². The molecule has 3 heteroatoms. The summed E-state index contributed by atoms with van der Waals surface area (Å²) in [5.74, 6) is 0.261. The lowest BCUT2D eigenvalue weighted by Gasteiger charge is -2.23. The van der Waals surface area contributed by atoms with Gasteiger partial charge in [-0.1, -0.05) is 13.3 Å². The lowest BCUT2D eigenvalue weighted by Crippen LogP contribution is -2.38. The van der Waals surface area contributed by atoms with Gasteiger partial charge < -0.3 is 10.5 Å². The van der Waals surface area contributed by atoms with E-state index in [0.717, 1.165) is 32.3 Å². The van der Waals surface area contributed by atoms with E-state index in [1.54, 1.807) is 0 Å². The Morgan fingerprint density at radius 1 is 1.69 bits per heavy atom. The predicted molar refractivity (Wildman–Crippen MR) is 51.4 cm³/mol. The monoisotopic (exact) mass is 185 g/mol. The van der Waals surface area contributed by atoms with Crippen LogP contribution in [0, 0.1) is 5.92 Å². The highest BCUT2D eigenvalue weighted by atomic mass is 16.5. The Hall–Kier alpha value is -0.410. The molecule has 1 fully saturated rings. The Kier molecular flexibility index (Phi) is 4.39. The molecule has 0 amide bonds. The Bertz CT molecular complexity index is 164. The molecule has 2 atom stereocenters. The Morgan fingerprint density at radius 2 is 2.46 bits per heavy atom. The fourth-order valence-corrected chi connectivity index (χ4v) is 1.72. The quantitative estimate of drug-likeness (QED) is 0.713. The van der Waals surface area contributed by atoms with Crippen LogP contribution < -0.4 is 5.73 Å². The largest absolute Gasteiger partial charge is 0.381 e. The summed E-state index contributed by atoms with van der Waals surface area (Å²) in [6, 6.07) is -0.267. The van der Waals surface area contributed by atoms with Gasteiger partial charge in [0.05, 0.1) is 12.6 Å². The zero-order valence-electron chi connectivity index (χ0n) is 8.29. The van der Waals surface area contributed by atoms with Crippen molar-refractivity contribution < 1.29 is 9.53 Å². The summed E-state index contributed by atoms with van der Waals surface area (Å²) in [4.78, 5) is 11.7. The summed E-state index contributed by atoms with van der Waals surface area (Å²) >= 11 is 0. The molecule has 2 unspecified atom stereocenters. The van der Waals surface area contributed by atoms with Gasteiger partial charge in [0.1, 0.15) is 0 Å². The number of carbonyl (C=O) groups is 1. The zero-order chi connectivity index (χ0) is 9.68. The molecule has 0 bridgehead atoms. The van der Waals surface area contributed by atoms with Crippen LogP contribution in [0.4, 0.5) is 0 Å². The molecule has 0 aliphatic carbocycles. The van der Waals surface area contributed by atoms with Gasteiger partial charge in [0.15, 0.2) is 5.78 Å². The van der Waals surface area contributed by atoms with Gasteiger partial charge in [-0.3, -0.25) is 4.79 Å². The summed E-state index contributed by atoms with van der Waals surface area (Å²) < 4.78 is 5.26. The molecule has 76 valence electrons. The smallest absolute Gasteiger partial charge is 0.154 e. The SMILES string of the molecule is CCCC(N)C(=O)C1CCCOC1. The maximum atomic E-state index is 11.7. The average Bonchev–Trinajstić information content (AvgIpc) is 2.18. The minimum Gasteiger partial charge on any atom is -0.381 e. The first kappa shape index (κ1) is 10.7. The van der Waals surface area contributed by atoms with Crippen LogP contribution in [0.25, 0.3) is 0 Å². The normalized spacial score (nSPS) is 25.5. The van der Waals surface area contributed by atoms with E-state index in [4.69, 9.17) is 10.5 Å². The van der Waals surface area contributed by atoms with Crippen molar-refractivity contribution in [3.8, 4) is 0 Å². The number of nitrogens with two attached hydrogens (primary N) is 1. The summed E-state index contributed by atoms with van der Waals surface area (Å²) in [6.45, 7) is 3.42. The highest BCUT2D eigenvalue weighted by molar-refractivity contribution is 5.86. The molecule has 2 N–H and O–H groups in total. The summed E-state index contributed by atoms with van der Waals surface area (Å²) in [5.41, 5.74) is 5.75.